The van der Waals surface area contributed by atoms with Gasteiger partial charge >= 0.3 is 0 Å². The summed E-state index contributed by atoms with van der Waals surface area (Å²) >= 11 is 1.59. The van der Waals surface area contributed by atoms with Crippen LogP contribution in [0.4, 0.5) is 0 Å². The monoisotopic (exact) mass is 270 g/mol. The number of rotatable bonds is 3. The molecule has 4 nitrogen and oxygen atoms in total. The van der Waals surface area contributed by atoms with Crippen LogP contribution in [0.5, 0.6) is 0 Å². The van der Waals surface area contributed by atoms with Gasteiger partial charge in [-0.1, -0.05) is 6.92 Å². The van der Waals surface area contributed by atoms with E-state index in [-0.39, 0.29) is 18.4 Å². The molecule has 2 fully saturated rings. The lowest BCUT2D eigenvalue weighted by Gasteiger charge is -2.34. The Kier molecular flexibility index (Phi) is 4.54. The average molecular weight is 270 g/mol. The van der Waals surface area contributed by atoms with Crippen LogP contribution in [0.3, 0.4) is 0 Å². The molecule has 0 aromatic rings. The van der Waals surface area contributed by atoms with E-state index >= 15 is 0 Å². The van der Waals surface area contributed by atoms with Crippen LogP contribution in [-0.2, 0) is 9.59 Å². The summed E-state index contributed by atoms with van der Waals surface area (Å²) in [7, 11) is 1.89. The van der Waals surface area contributed by atoms with E-state index in [1.165, 1.54) is 12.8 Å². The van der Waals surface area contributed by atoms with Crippen LogP contribution in [0.1, 0.15) is 32.6 Å². The first-order valence-corrected chi connectivity index (χ1v) is 7.84. The summed E-state index contributed by atoms with van der Waals surface area (Å²) in [6.45, 7) is 2.53. The SMILES string of the molecule is CC1CCC(N(C)C(=O)CN2CSCC2=O)CC1. The van der Waals surface area contributed by atoms with Crippen LogP contribution in [0.15, 0.2) is 0 Å². The number of thioether (sulfide) groups is 1. The minimum atomic E-state index is 0.0883. The predicted molar refractivity (Wildman–Crippen MR) is 73.2 cm³/mol. The topological polar surface area (TPSA) is 40.6 Å². The third-order valence-electron chi connectivity index (χ3n) is 4.08. The van der Waals surface area contributed by atoms with Gasteiger partial charge < -0.3 is 9.80 Å². The van der Waals surface area contributed by atoms with E-state index in [0.717, 1.165) is 18.8 Å². The van der Waals surface area contributed by atoms with Gasteiger partial charge in [-0.05, 0) is 31.6 Å². The second-order valence-electron chi connectivity index (χ2n) is 5.49. The van der Waals surface area contributed by atoms with Crippen LogP contribution in [0.25, 0.3) is 0 Å². The standard InChI is InChI=1S/C13H22N2O2S/c1-10-3-5-11(6-4-10)14(2)12(16)7-15-9-18-8-13(15)17/h10-11H,3-9H2,1-2H3. The highest BCUT2D eigenvalue weighted by atomic mass is 32.2. The van der Waals surface area contributed by atoms with Crippen molar-refractivity contribution in [3.05, 3.63) is 0 Å². The first kappa shape index (κ1) is 13.7. The van der Waals surface area contributed by atoms with Crippen molar-refractivity contribution in [3.8, 4) is 0 Å². The molecule has 1 heterocycles. The van der Waals surface area contributed by atoms with Crippen molar-refractivity contribution in [1.29, 1.82) is 0 Å². The van der Waals surface area contributed by atoms with E-state index in [0.29, 0.717) is 17.7 Å². The lowest BCUT2D eigenvalue weighted by molar-refractivity contribution is -0.139. The molecule has 0 unspecified atom stereocenters. The van der Waals surface area contributed by atoms with Crippen molar-refractivity contribution in [2.24, 2.45) is 5.92 Å². The lowest BCUT2D eigenvalue weighted by atomic mass is 9.87. The number of hydrogen-bond acceptors (Lipinski definition) is 3. The quantitative estimate of drug-likeness (QED) is 0.781. The molecule has 0 spiro atoms. The summed E-state index contributed by atoms with van der Waals surface area (Å²) < 4.78 is 0. The molecule has 5 heteroatoms. The number of carbonyl (C=O) groups excluding carboxylic acids is 2. The van der Waals surface area contributed by atoms with Crippen molar-refractivity contribution in [2.45, 2.75) is 38.6 Å². The highest BCUT2D eigenvalue weighted by Crippen LogP contribution is 2.26. The zero-order chi connectivity index (χ0) is 13.1. The maximum Gasteiger partial charge on any atom is 0.242 e. The highest BCUT2D eigenvalue weighted by Gasteiger charge is 2.28. The minimum Gasteiger partial charge on any atom is -0.341 e. The van der Waals surface area contributed by atoms with E-state index in [1.807, 2.05) is 11.9 Å². The molecule has 0 atom stereocenters. The summed E-state index contributed by atoms with van der Waals surface area (Å²) in [5, 5.41) is 0. The van der Waals surface area contributed by atoms with Crippen molar-refractivity contribution in [2.75, 3.05) is 25.2 Å². The number of likely N-dealkylation sites (N-methyl/N-ethyl adjacent to an activating group) is 1. The highest BCUT2D eigenvalue weighted by molar-refractivity contribution is 8.00. The van der Waals surface area contributed by atoms with Gasteiger partial charge in [0.25, 0.3) is 0 Å². The Balaban J connectivity index is 1.82. The molecular weight excluding hydrogens is 248 g/mol. The summed E-state index contributed by atoms with van der Waals surface area (Å²) in [5.74, 6) is 2.17. The van der Waals surface area contributed by atoms with Crippen LogP contribution in [0.2, 0.25) is 0 Å². The van der Waals surface area contributed by atoms with Gasteiger partial charge in [0.05, 0.1) is 11.6 Å². The largest absolute Gasteiger partial charge is 0.341 e. The lowest BCUT2D eigenvalue weighted by Crippen LogP contribution is -2.45. The van der Waals surface area contributed by atoms with Gasteiger partial charge in [-0.2, -0.15) is 0 Å². The summed E-state index contributed by atoms with van der Waals surface area (Å²) in [6, 6.07) is 0.374. The van der Waals surface area contributed by atoms with Gasteiger partial charge in [-0.25, -0.2) is 0 Å². The fourth-order valence-electron chi connectivity index (χ4n) is 2.65. The second-order valence-corrected chi connectivity index (χ2v) is 6.44. The number of hydrogen-bond donors (Lipinski definition) is 0. The molecule has 1 saturated heterocycles. The Morgan fingerprint density at radius 2 is 2.06 bits per heavy atom. The number of carbonyl (C=O) groups is 2. The Labute approximate surface area is 113 Å². The minimum absolute atomic E-state index is 0.0883. The first-order valence-electron chi connectivity index (χ1n) is 6.69. The van der Waals surface area contributed by atoms with Crippen LogP contribution in [0, 0.1) is 5.92 Å². The van der Waals surface area contributed by atoms with E-state index in [1.54, 1.807) is 16.7 Å². The van der Waals surface area contributed by atoms with Crippen molar-refractivity contribution in [3.63, 3.8) is 0 Å². The predicted octanol–water partition coefficient (Wildman–Crippen LogP) is 1.56. The summed E-state index contributed by atoms with van der Waals surface area (Å²) in [4.78, 5) is 27.2. The van der Waals surface area contributed by atoms with E-state index in [9.17, 15) is 9.59 Å². The third kappa shape index (κ3) is 3.19. The second kappa shape index (κ2) is 5.95. The zero-order valence-corrected chi connectivity index (χ0v) is 12.0. The van der Waals surface area contributed by atoms with E-state index < -0.39 is 0 Å². The van der Waals surface area contributed by atoms with Crippen molar-refractivity contribution < 1.29 is 9.59 Å². The molecule has 2 amide bonds. The van der Waals surface area contributed by atoms with Gasteiger partial charge in [0.2, 0.25) is 11.8 Å². The third-order valence-corrected chi connectivity index (χ3v) is 5.02. The number of amides is 2. The van der Waals surface area contributed by atoms with Gasteiger partial charge in [-0.15, -0.1) is 11.8 Å². The van der Waals surface area contributed by atoms with Crippen LogP contribution in [-0.4, -0.2) is 52.9 Å². The van der Waals surface area contributed by atoms with Crippen molar-refractivity contribution in [1.82, 2.24) is 9.80 Å². The molecule has 0 aromatic heterocycles. The molecule has 0 N–H and O–H groups in total. The smallest absolute Gasteiger partial charge is 0.242 e. The van der Waals surface area contributed by atoms with Gasteiger partial charge in [0.1, 0.15) is 6.54 Å². The fraction of sp³-hybridized carbons (Fsp3) is 0.846. The Bertz CT molecular complexity index is 327. The Hall–Kier alpha value is -0.710. The normalized spacial score (nSPS) is 28.6. The molecule has 1 saturated carbocycles. The Morgan fingerprint density at radius 1 is 1.39 bits per heavy atom. The maximum absolute atomic E-state index is 12.1. The maximum atomic E-state index is 12.1. The molecule has 0 bridgehead atoms. The van der Waals surface area contributed by atoms with Crippen LogP contribution < -0.4 is 0 Å². The van der Waals surface area contributed by atoms with Crippen molar-refractivity contribution >= 4 is 23.6 Å². The van der Waals surface area contributed by atoms with Crippen LogP contribution >= 0.6 is 11.8 Å². The molecule has 102 valence electrons. The summed E-state index contributed by atoms with van der Waals surface area (Å²) in [5.41, 5.74) is 0. The molecule has 2 aliphatic rings. The van der Waals surface area contributed by atoms with Gasteiger partial charge in [0.15, 0.2) is 0 Å². The van der Waals surface area contributed by atoms with Gasteiger partial charge in [-0.3, -0.25) is 9.59 Å². The van der Waals surface area contributed by atoms with E-state index in [2.05, 4.69) is 6.92 Å². The van der Waals surface area contributed by atoms with E-state index in [4.69, 9.17) is 0 Å². The Morgan fingerprint density at radius 3 is 2.61 bits per heavy atom. The molecule has 1 aliphatic carbocycles. The molecule has 2 rings (SSSR count). The zero-order valence-electron chi connectivity index (χ0n) is 11.2. The molecular formula is C13H22N2O2S. The average Bonchev–Trinajstić information content (AvgIpc) is 2.75. The summed E-state index contributed by atoms with van der Waals surface area (Å²) in [6.07, 6.45) is 4.62. The molecule has 0 aromatic carbocycles. The van der Waals surface area contributed by atoms with Gasteiger partial charge in [0, 0.05) is 13.1 Å². The first-order chi connectivity index (χ1) is 8.58. The molecule has 0 radical (unpaired) electrons. The molecule has 1 aliphatic heterocycles. The molecule has 18 heavy (non-hydrogen) atoms. The fourth-order valence-corrected chi connectivity index (χ4v) is 3.55. The number of nitrogens with zero attached hydrogens (tertiary/aromatic N) is 2.